The van der Waals surface area contributed by atoms with E-state index >= 15 is 0 Å². The van der Waals surface area contributed by atoms with Crippen LogP contribution in [0.3, 0.4) is 0 Å². The third-order valence-corrected chi connectivity index (χ3v) is 2.76. The molecular formula is C15H14N2O. The Morgan fingerprint density at radius 1 is 1.11 bits per heavy atom. The molecular weight excluding hydrogens is 224 g/mol. The number of para-hydroxylation sites is 1. The number of ether oxygens (including phenoxy) is 1. The number of nitriles is 1. The van der Waals surface area contributed by atoms with E-state index in [2.05, 4.69) is 6.07 Å². The third-order valence-electron chi connectivity index (χ3n) is 2.76. The van der Waals surface area contributed by atoms with Crippen molar-refractivity contribution in [2.45, 2.75) is 13.8 Å². The van der Waals surface area contributed by atoms with Crippen LogP contribution in [0, 0.1) is 25.2 Å². The Balaban J connectivity index is 2.43. The highest BCUT2D eigenvalue weighted by atomic mass is 16.5. The van der Waals surface area contributed by atoms with Crippen molar-refractivity contribution >= 4 is 5.69 Å². The summed E-state index contributed by atoms with van der Waals surface area (Å²) >= 11 is 0. The number of benzene rings is 2. The van der Waals surface area contributed by atoms with Crippen LogP contribution < -0.4 is 10.5 Å². The van der Waals surface area contributed by atoms with Crippen LogP contribution in [0.1, 0.15) is 16.7 Å². The fourth-order valence-corrected chi connectivity index (χ4v) is 1.67. The fourth-order valence-electron chi connectivity index (χ4n) is 1.67. The van der Waals surface area contributed by atoms with E-state index in [4.69, 9.17) is 15.7 Å². The molecule has 0 fully saturated rings. The number of aryl methyl sites for hydroxylation is 2. The van der Waals surface area contributed by atoms with Gasteiger partial charge in [0.25, 0.3) is 0 Å². The fraction of sp³-hybridized carbons (Fsp3) is 0.133. The standard InChI is InChI=1S/C15H14N2O/c1-10-6-7-12(9-16)14(8-10)18-13-5-3-4-11(2)15(13)17/h3-8H,17H2,1-2H3. The van der Waals surface area contributed by atoms with Crippen LogP contribution in [0.5, 0.6) is 11.5 Å². The van der Waals surface area contributed by atoms with E-state index in [1.54, 1.807) is 12.1 Å². The van der Waals surface area contributed by atoms with Crippen LogP contribution in [-0.4, -0.2) is 0 Å². The Hall–Kier alpha value is -2.47. The highest BCUT2D eigenvalue weighted by Crippen LogP contribution is 2.31. The molecule has 2 N–H and O–H groups in total. The molecule has 2 aromatic carbocycles. The Bertz CT molecular complexity index is 627. The summed E-state index contributed by atoms with van der Waals surface area (Å²) in [5.74, 6) is 1.12. The molecule has 0 saturated carbocycles. The average molecular weight is 238 g/mol. The first-order valence-corrected chi connectivity index (χ1v) is 5.65. The first kappa shape index (κ1) is 12.0. The van der Waals surface area contributed by atoms with Gasteiger partial charge in [0.05, 0.1) is 11.3 Å². The van der Waals surface area contributed by atoms with Crippen molar-refractivity contribution in [1.82, 2.24) is 0 Å². The van der Waals surface area contributed by atoms with Crippen LogP contribution in [0.4, 0.5) is 5.69 Å². The van der Waals surface area contributed by atoms with Gasteiger partial charge in [-0.2, -0.15) is 5.26 Å². The summed E-state index contributed by atoms with van der Waals surface area (Å²) in [6.45, 7) is 3.87. The third kappa shape index (κ3) is 2.28. The molecule has 0 aromatic heterocycles. The van der Waals surface area contributed by atoms with Crippen molar-refractivity contribution in [3.63, 3.8) is 0 Å². The van der Waals surface area contributed by atoms with Crippen LogP contribution >= 0.6 is 0 Å². The van der Waals surface area contributed by atoms with Crippen LogP contribution in [0.25, 0.3) is 0 Å². The van der Waals surface area contributed by atoms with Gasteiger partial charge in [0.2, 0.25) is 0 Å². The maximum atomic E-state index is 9.05. The molecule has 0 spiro atoms. The van der Waals surface area contributed by atoms with Gasteiger partial charge in [0.1, 0.15) is 11.8 Å². The first-order chi connectivity index (χ1) is 8.61. The second-order valence-corrected chi connectivity index (χ2v) is 4.20. The van der Waals surface area contributed by atoms with Crippen molar-refractivity contribution in [1.29, 1.82) is 5.26 Å². The number of nitrogens with zero attached hydrogens (tertiary/aromatic N) is 1. The molecule has 0 aliphatic rings. The number of nitrogens with two attached hydrogens (primary N) is 1. The molecule has 0 bridgehead atoms. The van der Waals surface area contributed by atoms with Gasteiger partial charge in [0.15, 0.2) is 5.75 Å². The molecule has 0 radical (unpaired) electrons. The lowest BCUT2D eigenvalue weighted by Gasteiger charge is -2.11. The van der Waals surface area contributed by atoms with Gasteiger partial charge in [-0.15, -0.1) is 0 Å². The van der Waals surface area contributed by atoms with Crippen molar-refractivity contribution < 1.29 is 4.74 Å². The smallest absolute Gasteiger partial charge is 0.150 e. The molecule has 0 amide bonds. The van der Waals surface area contributed by atoms with Gasteiger partial charge in [0, 0.05) is 0 Å². The van der Waals surface area contributed by atoms with Crippen molar-refractivity contribution in [3.05, 3.63) is 53.1 Å². The van der Waals surface area contributed by atoms with Crippen LogP contribution in [0.15, 0.2) is 36.4 Å². The molecule has 2 aromatic rings. The molecule has 0 unspecified atom stereocenters. The number of rotatable bonds is 2. The molecule has 3 nitrogen and oxygen atoms in total. The number of hydrogen-bond donors (Lipinski definition) is 1. The number of anilines is 1. The van der Waals surface area contributed by atoms with Gasteiger partial charge < -0.3 is 10.5 Å². The summed E-state index contributed by atoms with van der Waals surface area (Å²) in [5, 5.41) is 9.05. The quantitative estimate of drug-likeness (QED) is 0.814. The molecule has 0 aliphatic carbocycles. The van der Waals surface area contributed by atoms with E-state index in [-0.39, 0.29) is 0 Å². The highest BCUT2D eigenvalue weighted by Gasteiger charge is 2.08. The zero-order chi connectivity index (χ0) is 13.1. The van der Waals surface area contributed by atoms with Crippen molar-refractivity contribution in [3.8, 4) is 17.6 Å². The highest BCUT2D eigenvalue weighted by molar-refractivity contribution is 5.60. The zero-order valence-electron chi connectivity index (χ0n) is 10.4. The van der Waals surface area contributed by atoms with Gasteiger partial charge in [-0.3, -0.25) is 0 Å². The summed E-state index contributed by atoms with van der Waals surface area (Å²) in [7, 11) is 0. The largest absolute Gasteiger partial charge is 0.454 e. The van der Waals surface area contributed by atoms with Crippen molar-refractivity contribution in [2.75, 3.05) is 5.73 Å². The second-order valence-electron chi connectivity index (χ2n) is 4.20. The maximum absolute atomic E-state index is 9.05. The Labute approximate surface area is 106 Å². The molecule has 18 heavy (non-hydrogen) atoms. The summed E-state index contributed by atoms with van der Waals surface area (Å²) in [6.07, 6.45) is 0. The number of hydrogen-bond acceptors (Lipinski definition) is 3. The van der Waals surface area contributed by atoms with Gasteiger partial charge in [-0.05, 0) is 43.2 Å². The zero-order valence-corrected chi connectivity index (χ0v) is 10.4. The van der Waals surface area contributed by atoms with Gasteiger partial charge in [-0.25, -0.2) is 0 Å². The van der Waals surface area contributed by atoms with E-state index in [1.807, 2.05) is 38.1 Å². The van der Waals surface area contributed by atoms with E-state index < -0.39 is 0 Å². The minimum atomic E-state index is 0.501. The molecule has 0 heterocycles. The molecule has 90 valence electrons. The van der Waals surface area contributed by atoms with E-state index in [0.29, 0.717) is 22.7 Å². The molecule has 0 atom stereocenters. The lowest BCUT2D eigenvalue weighted by atomic mass is 10.1. The van der Waals surface area contributed by atoms with Gasteiger partial charge >= 0.3 is 0 Å². The Morgan fingerprint density at radius 3 is 2.61 bits per heavy atom. The molecule has 0 aliphatic heterocycles. The second kappa shape index (κ2) is 4.80. The SMILES string of the molecule is Cc1ccc(C#N)c(Oc2cccc(C)c2N)c1. The predicted octanol–water partition coefficient (Wildman–Crippen LogP) is 3.55. The van der Waals surface area contributed by atoms with E-state index in [0.717, 1.165) is 11.1 Å². The number of nitrogen functional groups attached to an aromatic ring is 1. The van der Waals surface area contributed by atoms with E-state index in [9.17, 15) is 0 Å². The minimum Gasteiger partial charge on any atom is -0.454 e. The molecule has 0 saturated heterocycles. The summed E-state index contributed by atoms with van der Waals surface area (Å²) in [4.78, 5) is 0. The lowest BCUT2D eigenvalue weighted by Crippen LogP contribution is -1.96. The predicted molar refractivity (Wildman–Crippen MR) is 71.6 cm³/mol. The summed E-state index contributed by atoms with van der Waals surface area (Å²) in [5.41, 5.74) is 9.05. The van der Waals surface area contributed by atoms with Crippen molar-refractivity contribution in [2.24, 2.45) is 0 Å². The first-order valence-electron chi connectivity index (χ1n) is 5.65. The summed E-state index contributed by atoms with van der Waals surface area (Å²) in [6, 6.07) is 13.2. The lowest BCUT2D eigenvalue weighted by molar-refractivity contribution is 0.483. The average Bonchev–Trinajstić information content (AvgIpc) is 2.35. The van der Waals surface area contributed by atoms with Gasteiger partial charge in [-0.1, -0.05) is 18.2 Å². The molecule has 3 heteroatoms. The monoisotopic (exact) mass is 238 g/mol. The Kier molecular flexibility index (Phi) is 3.20. The normalized spacial score (nSPS) is 9.83. The maximum Gasteiger partial charge on any atom is 0.150 e. The van der Waals surface area contributed by atoms with Crippen LogP contribution in [-0.2, 0) is 0 Å². The molecule has 2 rings (SSSR count). The minimum absolute atomic E-state index is 0.501. The van der Waals surface area contributed by atoms with E-state index in [1.165, 1.54) is 0 Å². The summed E-state index contributed by atoms with van der Waals surface area (Å²) < 4.78 is 5.75. The van der Waals surface area contributed by atoms with Crippen LogP contribution in [0.2, 0.25) is 0 Å². The Morgan fingerprint density at radius 2 is 1.89 bits per heavy atom. The topological polar surface area (TPSA) is 59.0 Å².